The van der Waals surface area contributed by atoms with Crippen LogP contribution in [0.1, 0.15) is 49.7 Å². The number of nitrogen functional groups attached to an aromatic ring is 1. The molecular weight excluding hydrogens is 500 g/mol. The molecule has 0 bridgehead atoms. The molecule has 12 nitrogen and oxygen atoms in total. The first-order valence-electron chi connectivity index (χ1n) is 13.6. The van der Waals surface area contributed by atoms with E-state index in [1.165, 1.54) is 18.2 Å². The van der Waals surface area contributed by atoms with Gasteiger partial charge in [0.1, 0.15) is 36.0 Å². The van der Waals surface area contributed by atoms with Gasteiger partial charge in [-0.2, -0.15) is 0 Å². The largest absolute Gasteiger partial charge is 0.387 e. The van der Waals surface area contributed by atoms with E-state index >= 15 is 0 Å². The predicted molar refractivity (Wildman–Crippen MR) is 143 cm³/mol. The second kappa shape index (κ2) is 9.49. The van der Waals surface area contributed by atoms with Gasteiger partial charge < -0.3 is 35.7 Å². The van der Waals surface area contributed by atoms with E-state index in [1.807, 2.05) is 0 Å². The third-order valence-corrected chi connectivity index (χ3v) is 8.66. The van der Waals surface area contributed by atoms with Crippen LogP contribution in [-0.4, -0.2) is 83.3 Å². The summed E-state index contributed by atoms with van der Waals surface area (Å²) in [5, 5.41) is 25.0. The number of aromatic nitrogens is 6. The van der Waals surface area contributed by atoms with Crippen LogP contribution < -0.4 is 11.1 Å². The molecule has 0 unspecified atom stereocenters. The lowest BCUT2D eigenvalue weighted by atomic mass is 9.67. The van der Waals surface area contributed by atoms with Crippen molar-refractivity contribution in [1.29, 1.82) is 0 Å². The number of fused-ring (bicyclic) bond motifs is 2. The Morgan fingerprint density at radius 1 is 1.18 bits per heavy atom. The van der Waals surface area contributed by atoms with Crippen molar-refractivity contribution in [2.24, 2.45) is 5.92 Å². The van der Waals surface area contributed by atoms with Gasteiger partial charge in [0.2, 0.25) is 0 Å². The summed E-state index contributed by atoms with van der Waals surface area (Å²) < 4.78 is 13.0. The molecule has 1 aromatic carbocycles. The number of ether oxygens (including phenoxy) is 2. The molecule has 3 aromatic heterocycles. The zero-order valence-corrected chi connectivity index (χ0v) is 21.8. The van der Waals surface area contributed by atoms with Gasteiger partial charge in [0.15, 0.2) is 17.7 Å². The molecule has 0 amide bonds. The fourth-order valence-corrected chi connectivity index (χ4v) is 6.31. The summed E-state index contributed by atoms with van der Waals surface area (Å²) in [7, 11) is 0. The highest BCUT2D eigenvalue weighted by Crippen LogP contribution is 2.41. The van der Waals surface area contributed by atoms with Crippen molar-refractivity contribution >= 4 is 28.0 Å². The lowest BCUT2D eigenvalue weighted by Crippen LogP contribution is -2.55. The van der Waals surface area contributed by atoms with Gasteiger partial charge in [-0.05, 0) is 49.8 Å². The first kappa shape index (κ1) is 24.9. The van der Waals surface area contributed by atoms with Crippen molar-refractivity contribution in [1.82, 2.24) is 34.8 Å². The molecular formula is C27H34N8O4. The zero-order chi connectivity index (χ0) is 26.7. The highest BCUT2D eigenvalue weighted by atomic mass is 16.6. The Bertz CT molecular complexity index is 1490. The number of anilines is 1. The van der Waals surface area contributed by atoms with E-state index in [2.05, 4.69) is 50.4 Å². The quantitative estimate of drug-likeness (QED) is 0.223. The zero-order valence-electron chi connectivity index (χ0n) is 21.8. The molecule has 39 heavy (non-hydrogen) atoms. The number of hydrogen-bond donors (Lipinski definition) is 5. The Morgan fingerprint density at radius 3 is 2.82 bits per heavy atom. The van der Waals surface area contributed by atoms with Crippen molar-refractivity contribution in [2.75, 3.05) is 25.5 Å². The smallest absolute Gasteiger partial charge is 0.167 e. The van der Waals surface area contributed by atoms with Crippen molar-refractivity contribution in [3.05, 3.63) is 42.2 Å². The number of aromatic amines is 1. The van der Waals surface area contributed by atoms with E-state index in [1.54, 1.807) is 4.57 Å². The van der Waals surface area contributed by atoms with Gasteiger partial charge in [-0.1, -0.05) is 6.07 Å². The van der Waals surface area contributed by atoms with Gasteiger partial charge in [-0.3, -0.25) is 4.57 Å². The molecule has 2 saturated heterocycles. The van der Waals surface area contributed by atoms with E-state index in [4.69, 9.17) is 20.2 Å². The van der Waals surface area contributed by atoms with Gasteiger partial charge in [0.05, 0.1) is 30.6 Å². The number of imidazole rings is 2. The van der Waals surface area contributed by atoms with E-state index in [0.29, 0.717) is 29.5 Å². The van der Waals surface area contributed by atoms with Crippen LogP contribution in [0.2, 0.25) is 0 Å². The molecule has 7 rings (SSSR count). The standard InChI is InChI=1S/C27H34N8O4/c1-27(7-14(8-27)2-5-20-33-17-4-3-15(6-18(17)34-20)16-10-38-11-16)32-9-19-22(36)23(37)26(39-19)35-13-31-21-24(28)29-12-30-25(21)35/h3-4,6,12-14,16,19,22-23,26,32,36-37H,2,5,7-11H2,1H3,(H,33,34)(H2,28,29,30)/t14?,19-,22+,23+,26-,27?/m1/s1. The Labute approximate surface area is 225 Å². The number of aryl methyl sites for hydroxylation is 1. The summed E-state index contributed by atoms with van der Waals surface area (Å²) in [6.45, 7) is 4.24. The van der Waals surface area contributed by atoms with Crippen LogP contribution in [0.25, 0.3) is 22.2 Å². The minimum atomic E-state index is -1.12. The van der Waals surface area contributed by atoms with Crippen molar-refractivity contribution < 1.29 is 19.7 Å². The number of aliphatic hydroxyl groups is 2. The molecule has 1 aliphatic carbocycles. The Kier molecular flexibility index (Phi) is 6.05. The van der Waals surface area contributed by atoms with Crippen LogP contribution in [0, 0.1) is 5.92 Å². The number of rotatable bonds is 8. The SMILES string of the molecule is CC1(NC[C@H]2O[C@@H](n3cnc4c(N)ncnc43)[C@@H](O)[C@H]2O)CC(CCc2nc3cc(C4COC4)ccc3[nH]2)C1. The molecule has 0 radical (unpaired) electrons. The van der Waals surface area contributed by atoms with E-state index in [0.717, 1.165) is 55.8 Å². The third-order valence-electron chi connectivity index (χ3n) is 8.66. The number of H-pyrrole nitrogens is 1. The fourth-order valence-electron chi connectivity index (χ4n) is 6.31. The molecule has 4 aromatic rings. The second-order valence-electron chi connectivity index (χ2n) is 11.6. The Balaban J connectivity index is 0.915. The molecule has 4 atom stereocenters. The first-order valence-corrected chi connectivity index (χ1v) is 13.6. The third kappa shape index (κ3) is 4.45. The first-order chi connectivity index (χ1) is 18.9. The van der Waals surface area contributed by atoms with E-state index in [9.17, 15) is 10.2 Å². The maximum atomic E-state index is 10.7. The highest BCUT2D eigenvalue weighted by molar-refractivity contribution is 5.81. The van der Waals surface area contributed by atoms with Gasteiger partial charge in [0, 0.05) is 24.4 Å². The molecule has 12 heteroatoms. The summed E-state index contributed by atoms with van der Waals surface area (Å²) in [6.07, 6.45) is 3.39. The summed E-state index contributed by atoms with van der Waals surface area (Å²) in [5.74, 6) is 2.40. The molecule has 0 spiro atoms. The monoisotopic (exact) mass is 534 g/mol. The number of hydrogen-bond acceptors (Lipinski definition) is 10. The predicted octanol–water partition coefficient (Wildman–Crippen LogP) is 1.41. The lowest BCUT2D eigenvalue weighted by Gasteiger charge is -2.46. The van der Waals surface area contributed by atoms with E-state index in [-0.39, 0.29) is 11.4 Å². The highest BCUT2D eigenvalue weighted by Gasteiger charge is 2.46. The summed E-state index contributed by atoms with van der Waals surface area (Å²) in [5.41, 5.74) is 10.2. The van der Waals surface area contributed by atoms with Crippen LogP contribution >= 0.6 is 0 Å². The number of nitrogens with zero attached hydrogens (tertiary/aromatic N) is 5. The number of nitrogens with two attached hydrogens (primary N) is 1. The van der Waals surface area contributed by atoms with Gasteiger partial charge in [-0.25, -0.2) is 19.9 Å². The van der Waals surface area contributed by atoms with Crippen LogP contribution in [0.3, 0.4) is 0 Å². The van der Waals surface area contributed by atoms with Gasteiger partial charge in [-0.15, -0.1) is 0 Å². The Hall–Kier alpha value is -3.16. The molecule has 5 heterocycles. The molecule has 2 aliphatic heterocycles. The maximum absolute atomic E-state index is 10.7. The molecule has 3 aliphatic rings. The fraction of sp³-hybridized carbons (Fsp3) is 0.556. The summed E-state index contributed by atoms with van der Waals surface area (Å²) in [4.78, 5) is 20.7. The Morgan fingerprint density at radius 2 is 2.03 bits per heavy atom. The van der Waals surface area contributed by atoms with Crippen LogP contribution in [0.5, 0.6) is 0 Å². The topological polar surface area (TPSA) is 169 Å². The number of benzene rings is 1. The van der Waals surface area contributed by atoms with Crippen LogP contribution in [0.15, 0.2) is 30.9 Å². The average molecular weight is 535 g/mol. The molecule has 206 valence electrons. The maximum Gasteiger partial charge on any atom is 0.167 e. The minimum Gasteiger partial charge on any atom is -0.387 e. The summed E-state index contributed by atoms with van der Waals surface area (Å²) in [6, 6.07) is 6.49. The van der Waals surface area contributed by atoms with E-state index < -0.39 is 24.5 Å². The molecule has 6 N–H and O–H groups in total. The molecule has 3 fully saturated rings. The minimum absolute atomic E-state index is 0.0339. The second-order valence-corrected chi connectivity index (χ2v) is 11.6. The van der Waals surface area contributed by atoms with Crippen molar-refractivity contribution in [2.45, 2.75) is 68.6 Å². The van der Waals surface area contributed by atoms with Crippen molar-refractivity contribution in [3.63, 3.8) is 0 Å². The lowest BCUT2D eigenvalue weighted by molar-refractivity contribution is -0.0384. The normalized spacial score (nSPS) is 31.1. The number of aliphatic hydroxyl groups excluding tert-OH is 2. The van der Waals surface area contributed by atoms with Crippen molar-refractivity contribution in [3.8, 4) is 0 Å². The van der Waals surface area contributed by atoms with Gasteiger partial charge >= 0.3 is 0 Å². The molecule has 1 saturated carbocycles. The van der Waals surface area contributed by atoms with Gasteiger partial charge in [0.25, 0.3) is 0 Å². The van der Waals surface area contributed by atoms with Crippen LogP contribution in [-0.2, 0) is 15.9 Å². The average Bonchev–Trinajstić information content (AvgIpc) is 3.55. The summed E-state index contributed by atoms with van der Waals surface area (Å²) >= 11 is 0. The number of nitrogens with one attached hydrogen (secondary N) is 2. The van der Waals surface area contributed by atoms with Crippen LogP contribution in [0.4, 0.5) is 5.82 Å².